The van der Waals surface area contributed by atoms with Crippen molar-refractivity contribution in [2.45, 2.75) is 39.3 Å². The average Bonchev–Trinajstić information content (AvgIpc) is 2.94. The Balaban J connectivity index is 1.82. The highest BCUT2D eigenvalue weighted by molar-refractivity contribution is 5.31. The fraction of sp³-hybridized carbons (Fsp3) is 0.500. The average molecular weight is 305 g/mol. The monoisotopic (exact) mass is 305 g/mol. The summed E-state index contributed by atoms with van der Waals surface area (Å²) >= 11 is 0. The summed E-state index contributed by atoms with van der Waals surface area (Å²) < 4.78 is 12.7. The third kappa shape index (κ3) is 4.21. The molecule has 0 aliphatic carbocycles. The van der Waals surface area contributed by atoms with Gasteiger partial charge in [0.2, 0.25) is 0 Å². The van der Waals surface area contributed by atoms with Crippen LogP contribution in [0.2, 0.25) is 0 Å². The lowest BCUT2D eigenvalue weighted by molar-refractivity contribution is 0.275. The highest BCUT2D eigenvalue weighted by Gasteiger charge is 2.10. The van der Waals surface area contributed by atoms with Crippen molar-refractivity contribution < 1.29 is 14.6 Å². The van der Waals surface area contributed by atoms with Crippen LogP contribution in [0, 0.1) is 0 Å². The molecular formula is C16H23N3O3. The molecule has 0 radical (unpaired) electrons. The van der Waals surface area contributed by atoms with E-state index in [0.717, 1.165) is 43.0 Å². The molecular weight excluding hydrogens is 282 g/mol. The van der Waals surface area contributed by atoms with Gasteiger partial charge in [0.05, 0.1) is 26.0 Å². The Bertz CT molecular complexity index is 567. The van der Waals surface area contributed by atoms with Gasteiger partial charge >= 0.3 is 0 Å². The van der Waals surface area contributed by atoms with Crippen LogP contribution in [-0.2, 0) is 19.6 Å². The lowest BCUT2D eigenvalue weighted by Gasteiger charge is -2.09. The van der Waals surface area contributed by atoms with Crippen molar-refractivity contribution in [1.29, 1.82) is 0 Å². The molecule has 1 N–H and O–H groups in total. The molecule has 0 spiro atoms. The Morgan fingerprint density at radius 2 is 1.91 bits per heavy atom. The first-order valence-electron chi connectivity index (χ1n) is 7.57. The van der Waals surface area contributed by atoms with Gasteiger partial charge in [0.25, 0.3) is 0 Å². The lowest BCUT2D eigenvalue weighted by Crippen LogP contribution is -2.09. The Morgan fingerprint density at radius 3 is 2.55 bits per heavy atom. The molecule has 0 saturated heterocycles. The van der Waals surface area contributed by atoms with Crippen LogP contribution in [0.1, 0.15) is 31.2 Å². The highest BCUT2D eigenvalue weighted by Crippen LogP contribution is 2.17. The lowest BCUT2D eigenvalue weighted by atomic mass is 10.2. The first-order chi connectivity index (χ1) is 10.8. The number of aliphatic hydroxyl groups excluding tert-OH is 1. The molecule has 6 nitrogen and oxygen atoms in total. The summed E-state index contributed by atoms with van der Waals surface area (Å²) in [4.78, 5) is 0. The SMILES string of the molecule is CCCc1c(CO)nnn1CCCOc1ccc(OC)cc1. The van der Waals surface area contributed by atoms with Crippen molar-refractivity contribution in [3.8, 4) is 11.5 Å². The maximum Gasteiger partial charge on any atom is 0.119 e. The molecule has 0 aliphatic rings. The van der Waals surface area contributed by atoms with E-state index in [9.17, 15) is 5.11 Å². The topological polar surface area (TPSA) is 69.4 Å². The van der Waals surface area contributed by atoms with E-state index in [1.807, 2.05) is 28.9 Å². The number of rotatable bonds is 9. The van der Waals surface area contributed by atoms with Crippen LogP contribution < -0.4 is 9.47 Å². The van der Waals surface area contributed by atoms with E-state index in [2.05, 4.69) is 17.2 Å². The Labute approximate surface area is 130 Å². The zero-order valence-electron chi connectivity index (χ0n) is 13.2. The molecule has 1 heterocycles. The molecule has 2 rings (SSSR count). The first kappa shape index (κ1) is 16.3. The molecule has 0 amide bonds. The molecule has 0 atom stereocenters. The second kappa shape index (κ2) is 8.38. The van der Waals surface area contributed by atoms with Crippen molar-refractivity contribution >= 4 is 0 Å². The number of hydrogen-bond donors (Lipinski definition) is 1. The summed E-state index contributed by atoms with van der Waals surface area (Å²) in [6, 6.07) is 7.53. The van der Waals surface area contributed by atoms with Crippen LogP contribution >= 0.6 is 0 Å². The highest BCUT2D eigenvalue weighted by atomic mass is 16.5. The Hall–Kier alpha value is -2.08. The van der Waals surface area contributed by atoms with Gasteiger partial charge < -0.3 is 14.6 Å². The standard InChI is InChI=1S/C16H23N3O3/c1-3-5-16-15(12-20)17-18-19(16)10-4-11-22-14-8-6-13(21-2)7-9-14/h6-9,20H,3-5,10-12H2,1-2H3. The predicted octanol–water partition coefficient (Wildman–Crippen LogP) is 2.20. The third-order valence-corrected chi connectivity index (χ3v) is 3.40. The van der Waals surface area contributed by atoms with Gasteiger partial charge in [0, 0.05) is 13.0 Å². The molecule has 2 aromatic rings. The van der Waals surface area contributed by atoms with Gasteiger partial charge in [-0.05, 0) is 30.7 Å². The van der Waals surface area contributed by atoms with Crippen LogP contribution in [-0.4, -0.2) is 33.8 Å². The summed E-state index contributed by atoms with van der Waals surface area (Å²) in [5, 5.41) is 17.4. The van der Waals surface area contributed by atoms with Gasteiger partial charge in [-0.15, -0.1) is 5.10 Å². The van der Waals surface area contributed by atoms with E-state index in [1.165, 1.54) is 0 Å². The summed E-state index contributed by atoms with van der Waals surface area (Å²) in [5.41, 5.74) is 1.70. The Morgan fingerprint density at radius 1 is 1.18 bits per heavy atom. The van der Waals surface area contributed by atoms with Crippen LogP contribution in [0.25, 0.3) is 0 Å². The smallest absolute Gasteiger partial charge is 0.119 e. The minimum atomic E-state index is -0.0579. The maximum absolute atomic E-state index is 9.27. The number of aromatic nitrogens is 3. The predicted molar refractivity (Wildman–Crippen MR) is 83.0 cm³/mol. The maximum atomic E-state index is 9.27. The number of ether oxygens (including phenoxy) is 2. The van der Waals surface area contributed by atoms with Crippen molar-refractivity contribution in [3.63, 3.8) is 0 Å². The second-order valence-corrected chi connectivity index (χ2v) is 4.99. The number of benzene rings is 1. The summed E-state index contributed by atoms with van der Waals surface area (Å²) in [6.07, 6.45) is 2.71. The summed E-state index contributed by atoms with van der Waals surface area (Å²) in [5.74, 6) is 1.64. The van der Waals surface area contributed by atoms with Crippen molar-refractivity contribution in [1.82, 2.24) is 15.0 Å². The van der Waals surface area contributed by atoms with Crippen LogP contribution in [0.5, 0.6) is 11.5 Å². The number of hydrogen-bond acceptors (Lipinski definition) is 5. The normalized spacial score (nSPS) is 10.7. The molecule has 6 heteroatoms. The third-order valence-electron chi connectivity index (χ3n) is 3.40. The summed E-state index contributed by atoms with van der Waals surface area (Å²) in [7, 11) is 1.64. The molecule has 0 bridgehead atoms. The molecule has 1 aromatic carbocycles. The van der Waals surface area contributed by atoms with E-state index in [4.69, 9.17) is 9.47 Å². The van der Waals surface area contributed by atoms with E-state index in [-0.39, 0.29) is 6.61 Å². The van der Waals surface area contributed by atoms with E-state index in [1.54, 1.807) is 7.11 Å². The van der Waals surface area contributed by atoms with Gasteiger partial charge in [-0.25, -0.2) is 4.68 Å². The number of aliphatic hydroxyl groups is 1. The van der Waals surface area contributed by atoms with Crippen molar-refractivity contribution in [2.75, 3.05) is 13.7 Å². The second-order valence-electron chi connectivity index (χ2n) is 4.99. The number of aryl methyl sites for hydroxylation is 1. The molecule has 0 unspecified atom stereocenters. The van der Waals surface area contributed by atoms with Crippen LogP contribution in [0.4, 0.5) is 0 Å². The minimum Gasteiger partial charge on any atom is -0.497 e. The van der Waals surface area contributed by atoms with Gasteiger partial charge in [0.1, 0.15) is 17.2 Å². The van der Waals surface area contributed by atoms with Gasteiger partial charge in [-0.2, -0.15) is 0 Å². The zero-order chi connectivity index (χ0) is 15.8. The molecule has 0 aliphatic heterocycles. The van der Waals surface area contributed by atoms with E-state index in [0.29, 0.717) is 12.3 Å². The van der Waals surface area contributed by atoms with Crippen molar-refractivity contribution in [2.24, 2.45) is 0 Å². The number of nitrogens with zero attached hydrogens (tertiary/aromatic N) is 3. The van der Waals surface area contributed by atoms with E-state index >= 15 is 0 Å². The fourth-order valence-corrected chi connectivity index (χ4v) is 2.26. The molecule has 120 valence electrons. The van der Waals surface area contributed by atoms with Crippen molar-refractivity contribution in [3.05, 3.63) is 35.7 Å². The summed E-state index contributed by atoms with van der Waals surface area (Å²) in [6.45, 7) is 3.38. The van der Waals surface area contributed by atoms with Crippen LogP contribution in [0.15, 0.2) is 24.3 Å². The molecule has 1 aromatic heterocycles. The molecule has 0 fully saturated rings. The van der Waals surface area contributed by atoms with Gasteiger partial charge in [-0.1, -0.05) is 18.6 Å². The quantitative estimate of drug-likeness (QED) is 0.719. The zero-order valence-corrected chi connectivity index (χ0v) is 13.2. The van der Waals surface area contributed by atoms with E-state index < -0.39 is 0 Å². The Kier molecular flexibility index (Phi) is 6.21. The van der Waals surface area contributed by atoms with Crippen LogP contribution in [0.3, 0.4) is 0 Å². The first-order valence-corrected chi connectivity index (χ1v) is 7.57. The fourth-order valence-electron chi connectivity index (χ4n) is 2.26. The molecule has 22 heavy (non-hydrogen) atoms. The molecule has 0 saturated carbocycles. The minimum absolute atomic E-state index is 0.0579. The largest absolute Gasteiger partial charge is 0.497 e. The number of methoxy groups -OCH3 is 1. The van der Waals surface area contributed by atoms with Gasteiger partial charge in [-0.3, -0.25) is 0 Å². The van der Waals surface area contributed by atoms with Gasteiger partial charge in [0.15, 0.2) is 0 Å².